The Morgan fingerprint density at radius 2 is 1.43 bits per heavy atom. The van der Waals surface area contributed by atoms with E-state index in [4.69, 9.17) is 4.74 Å². The highest BCUT2D eigenvalue weighted by Crippen LogP contribution is 2.21. The van der Waals surface area contributed by atoms with Crippen molar-refractivity contribution in [2.45, 2.75) is 18.2 Å². The molecule has 0 aliphatic heterocycles. The predicted octanol–water partition coefficient (Wildman–Crippen LogP) is 4.46. The quantitative estimate of drug-likeness (QED) is 0.317. The van der Waals surface area contributed by atoms with Crippen LogP contribution < -0.4 is 4.74 Å². The fourth-order valence-electron chi connectivity index (χ4n) is 2.89. The van der Waals surface area contributed by atoms with Crippen molar-refractivity contribution in [1.29, 1.82) is 0 Å². The van der Waals surface area contributed by atoms with E-state index >= 15 is 0 Å². The third kappa shape index (κ3) is 4.80. The number of rotatable bonds is 7. The van der Waals surface area contributed by atoms with Gasteiger partial charge in [-0.2, -0.15) is 0 Å². The highest BCUT2D eigenvalue weighted by molar-refractivity contribution is 7.91. The van der Waals surface area contributed by atoms with Crippen LogP contribution in [0.25, 0.3) is 0 Å². The average molecular weight is 426 g/mol. The van der Waals surface area contributed by atoms with E-state index in [1.165, 1.54) is 60.7 Å². The van der Waals surface area contributed by atoms with Crippen molar-refractivity contribution >= 4 is 21.6 Å². The second-order valence-corrected chi connectivity index (χ2v) is 8.64. The Morgan fingerprint density at radius 3 is 2.03 bits per heavy atom. The maximum absolute atomic E-state index is 13.0. The van der Waals surface area contributed by atoms with E-state index in [-0.39, 0.29) is 27.7 Å². The molecule has 3 aromatic rings. The summed E-state index contributed by atoms with van der Waals surface area (Å²) in [6.07, 6.45) is 0.426. The van der Waals surface area contributed by atoms with Crippen LogP contribution in [0.4, 0.5) is 4.39 Å². The van der Waals surface area contributed by atoms with Crippen LogP contribution in [0.2, 0.25) is 0 Å². The molecule has 0 aromatic heterocycles. The summed E-state index contributed by atoms with van der Waals surface area (Å²) in [6.45, 7) is 1.74. The molecule has 0 saturated heterocycles. The van der Waals surface area contributed by atoms with Crippen LogP contribution in [0.15, 0.2) is 77.7 Å². The molecule has 3 rings (SSSR count). The van der Waals surface area contributed by atoms with Crippen LogP contribution in [-0.2, 0) is 9.84 Å². The summed E-state index contributed by atoms with van der Waals surface area (Å²) >= 11 is 0. The Hall–Kier alpha value is -3.32. The summed E-state index contributed by atoms with van der Waals surface area (Å²) in [5.74, 6) is -1.45. The molecule has 154 valence electrons. The minimum Gasteiger partial charge on any atom is -0.423 e. The number of hydrogen-bond acceptors (Lipinski definition) is 5. The summed E-state index contributed by atoms with van der Waals surface area (Å²) < 4.78 is 43.2. The molecule has 0 aliphatic carbocycles. The van der Waals surface area contributed by atoms with Crippen molar-refractivity contribution in [1.82, 2.24) is 0 Å². The van der Waals surface area contributed by atoms with Gasteiger partial charge in [0.15, 0.2) is 15.6 Å². The fourth-order valence-corrected chi connectivity index (χ4v) is 4.42. The number of ketones is 1. The van der Waals surface area contributed by atoms with E-state index in [0.29, 0.717) is 17.5 Å². The van der Waals surface area contributed by atoms with Crippen molar-refractivity contribution in [2.75, 3.05) is 5.75 Å². The van der Waals surface area contributed by atoms with Gasteiger partial charge in [0.1, 0.15) is 11.6 Å². The average Bonchev–Trinajstić information content (AvgIpc) is 2.74. The van der Waals surface area contributed by atoms with Crippen molar-refractivity contribution < 1.29 is 27.1 Å². The van der Waals surface area contributed by atoms with Gasteiger partial charge in [0.25, 0.3) is 0 Å². The molecule has 5 nitrogen and oxygen atoms in total. The summed E-state index contributed by atoms with van der Waals surface area (Å²) in [7, 11) is -3.60. The van der Waals surface area contributed by atoms with Gasteiger partial charge in [-0.15, -0.1) is 0 Å². The Labute approximate surface area is 174 Å². The number of esters is 1. The lowest BCUT2D eigenvalue weighted by Crippen LogP contribution is -2.16. The second-order valence-electron chi connectivity index (χ2n) is 6.56. The smallest absolute Gasteiger partial charge is 0.344 e. The molecule has 7 heteroatoms. The van der Waals surface area contributed by atoms with Gasteiger partial charge in [-0.3, -0.25) is 4.79 Å². The third-order valence-corrected chi connectivity index (χ3v) is 6.32. The molecule has 0 amide bonds. The van der Waals surface area contributed by atoms with Crippen LogP contribution in [0.5, 0.6) is 5.75 Å². The second kappa shape index (κ2) is 9.00. The van der Waals surface area contributed by atoms with Crippen molar-refractivity contribution in [3.05, 3.63) is 95.3 Å². The van der Waals surface area contributed by atoms with E-state index in [1.54, 1.807) is 19.1 Å². The molecule has 0 aliphatic rings. The fraction of sp³-hybridized carbons (Fsp3) is 0.130. The zero-order valence-corrected chi connectivity index (χ0v) is 17.0. The van der Waals surface area contributed by atoms with Crippen molar-refractivity contribution in [2.24, 2.45) is 0 Å². The molecule has 0 saturated carbocycles. The first kappa shape index (κ1) is 21.4. The van der Waals surface area contributed by atoms with Crippen LogP contribution in [0, 0.1) is 5.82 Å². The monoisotopic (exact) mass is 426 g/mol. The number of benzene rings is 3. The first-order valence-electron chi connectivity index (χ1n) is 9.26. The Bertz CT molecular complexity index is 1170. The lowest BCUT2D eigenvalue weighted by Gasteiger charge is -2.10. The number of sulfone groups is 1. The van der Waals surface area contributed by atoms with Crippen LogP contribution in [0.1, 0.15) is 39.6 Å². The SMILES string of the molecule is CCCS(=O)(=O)c1ccccc1C(=O)Oc1ccc(C(=O)c2ccc(F)cc2)cc1. The Morgan fingerprint density at radius 1 is 0.867 bits per heavy atom. The minimum absolute atomic E-state index is 0.0441. The molecule has 0 N–H and O–H groups in total. The summed E-state index contributed by atoms with van der Waals surface area (Å²) in [5, 5.41) is 0. The van der Waals surface area contributed by atoms with Gasteiger partial charge < -0.3 is 4.74 Å². The molecule has 0 fully saturated rings. The van der Waals surface area contributed by atoms with Gasteiger partial charge in [-0.05, 0) is 67.1 Å². The molecular formula is C23H19FO5S. The summed E-state index contributed by atoms with van der Waals surface area (Å²) in [5.41, 5.74) is 0.626. The van der Waals surface area contributed by atoms with E-state index < -0.39 is 21.6 Å². The normalized spacial score (nSPS) is 11.1. The summed E-state index contributed by atoms with van der Waals surface area (Å²) in [4.78, 5) is 24.9. The molecule has 0 heterocycles. The maximum atomic E-state index is 13.0. The molecular weight excluding hydrogens is 407 g/mol. The molecule has 0 spiro atoms. The highest BCUT2D eigenvalue weighted by Gasteiger charge is 2.22. The third-order valence-electron chi connectivity index (χ3n) is 4.35. The minimum atomic E-state index is -3.60. The van der Waals surface area contributed by atoms with Crippen LogP contribution in [0.3, 0.4) is 0 Å². The lowest BCUT2D eigenvalue weighted by atomic mass is 10.0. The molecule has 30 heavy (non-hydrogen) atoms. The number of ether oxygens (including phenoxy) is 1. The van der Waals surface area contributed by atoms with Crippen LogP contribution >= 0.6 is 0 Å². The molecule has 0 bridgehead atoms. The number of hydrogen-bond donors (Lipinski definition) is 0. The van der Waals surface area contributed by atoms with Crippen molar-refractivity contribution in [3.63, 3.8) is 0 Å². The van der Waals surface area contributed by atoms with Crippen LogP contribution in [-0.4, -0.2) is 25.9 Å². The largest absolute Gasteiger partial charge is 0.423 e. The first-order chi connectivity index (χ1) is 14.3. The molecule has 0 unspecified atom stereocenters. The molecule has 0 radical (unpaired) electrons. The zero-order valence-electron chi connectivity index (χ0n) is 16.2. The van der Waals surface area contributed by atoms with E-state index in [0.717, 1.165) is 0 Å². The standard InChI is InChI=1S/C23H19FO5S/c1-2-15-30(27,28)21-6-4-3-5-20(21)23(26)29-19-13-9-17(10-14-19)22(25)16-7-11-18(24)12-8-16/h3-14H,2,15H2,1H3. The molecule has 3 aromatic carbocycles. The first-order valence-corrected chi connectivity index (χ1v) is 10.9. The van der Waals surface area contributed by atoms with E-state index in [1.807, 2.05) is 0 Å². The van der Waals surface area contributed by atoms with Gasteiger partial charge >= 0.3 is 5.97 Å². The lowest BCUT2D eigenvalue weighted by molar-refractivity contribution is 0.0730. The van der Waals surface area contributed by atoms with Gasteiger partial charge in [0.2, 0.25) is 0 Å². The topological polar surface area (TPSA) is 77.5 Å². The van der Waals surface area contributed by atoms with E-state index in [9.17, 15) is 22.4 Å². The van der Waals surface area contributed by atoms with Gasteiger partial charge in [0.05, 0.1) is 16.2 Å². The highest BCUT2D eigenvalue weighted by atomic mass is 32.2. The Balaban J connectivity index is 1.79. The zero-order chi connectivity index (χ0) is 21.7. The maximum Gasteiger partial charge on any atom is 0.344 e. The van der Waals surface area contributed by atoms with Gasteiger partial charge in [0, 0.05) is 11.1 Å². The molecule has 0 atom stereocenters. The van der Waals surface area contributed by atoms with Gasteiger partial charge in [-0.1, -0.05) is 19.1 Å². The number of halogens is 1. The predicted molar refractivity (Wildman–Crippen MR) is 110 cm³/mol. The Kier molecular flexibility index (Phi) is 6.42. The van der Waals surface area contributed by atoms with Gasteiger partial charge in [-0.25, -0.2) is 17.6 Å². The van der Waals surface area contributed by atoms with Crippen molar-refractivity contribution in [3.8, 4) is 5.75 Å². The number of carbonyl (C=O) groups excluding carboxylic acids is 2. The summed E-state index contributed by atoms with van der Waals surface area (Å²) in [6, 6.07) is 16.9. The van der Waals surface area contributed by atoms with E-state index in [2.05, 4.69) is 0 Å². The number of carbonyl (C=O) groups is 2.